The number of hydrogen-bond acceptors (Lipinski definition) is 6. The van der Waals surface area contributed by atoms with Crippen molar-refractivity contribution in [1.29, 1.82) is 0 Å². The Balaban J connectivity index is 1.61. The van der Waals surface area contributed by atoms with Crippen LogP contribution in [0.1, 0.15) is 11.1 Å². The van der Waals surface area contributed by atoms with Crippen LogP contribution in [0.25, 0.3) is 39.6 Å². The summed E-state index contributed by atoms with van der Waals surface area (Å²) >= 11 is 0. The Morgan fingerprint density at radius 1 is 0.750 bits per heavy atom. The average molecular weight is 519 g/mol. The lowest BCUT2D eigenvalue weighted by molar-refractivity contribution is 0.480. The first kappa shape index (κ1) is 23.9. The Morgan fingerprint density at radius 2 is 1.39 bits per heavy atom. The van der Waals surface area contributed by atoms with Crippen LogP contribution < -0.4 is 5.46 Å². The fraction of sp³-hybridized carbons (Fsp3) is 0. The van der Waals surface area contributed by atoms with Crippen LogP contribution in [-0.2, 0) is 20.2 Å². The minimum absolute atomic E-state index is 0.102. The fourth-order valence-electron chi connectivity index (χ4n) is 3.95. The van der Waals surface area contributed by atoms with Gasteiger partial charge in [-0.2, -0.15) is 21.6 Å². The van der Waals surface area contributed by atoms with Gasteiger partial charge in [0.25, 0.3) is 20.2 Å². The molecule has 0 saturated heterocycles. The van der Waals surface area contributed by atoms with Crippen molar-refractivity contribution in [3.8, 4) is 5.69 Å². The molecule has 36 heavy (non-hydrogen) atoms. The molecule has 4 aromatic carbocycles. The largest absolute Gasteiger partial charge is 0.295 e. The van der Waals surface area contributed by atoms with Crippen LogP contribution in [0.4, 0.5) is 0 Å². The van der Waals surface area contributed by atoms with E-state index in [0.717, 1.165) is 10.8 Å². The minimum Gasteiger partial charge on any atom is -0.282 e. The van der Waals surface area contributed by atoms with E-state index in [4.69, 9.17) is 0 Å². The highest BCUT2D eigenvalue weighted by Gasteiger charge is 2.18. The van der Waals surface area contributed by atoms with Crippen LogP contribution in [0, 0.1) is 0 Å². The van der Waals surface area contributed by atoms with E-state index in [1.54, 1.807) is 20.0 Å². The normalized spacial score (nSPS) is 12.6. The summed E-state index contributed by atoms with van der Waals surface area (Å²) in [7, 11) is -7.50. The van der Waals surface area contributed by atoms with Crippen molar-refractivity contribution in [2.24, 2.45) is 0 Å². The summed E-state index contributed by atoms with van der Waals surface area (Å²) in [6.45, 7) is 0. The molecule has 0 atom stereocenters. The summed E-state index contributed by atoms with van der Waals surface area (Å²) in [4.78, 5) is 0.557. The third-order valence-electron chi connectivity index (χ3n) is 5.67. The van der Waals surface area contributed by atoms with Crippen molar-refractivity contribution in [1.82, 2.24) is 15.0 Å². The highest BCUT2D eigenvalue weighted by atomic mass is 32.2. The lowest BCUT2D eigenvalue weighted by atomic mass is 9.95. The molecule has 0 aliphatic carbocycles. The molecular formula is C24H18BN3O6S2. The molecule has 12 heteroatoms. The minimum atomic E-state index is -4.67. The van der Waals surface area contributed by atoms with Crippen molar-refractivity contribution in [3.63, 3.8) is 0 Å². The van der Waals surface area contributed by atoms with Gasteiger partial charge in [0.05, 0.1) is 5.69 Å². The van der Waals surface area contributed by atoms with Crippen LogP contribution in [-0.4, -0.2) is 48.8 Å². The molecule has 0 fully saturated rings. The molecular weight excluding hydrogens is 501 g/mol. The molecule has 0 spiro atoms. The van der Waals surface area contributed by atoms with Gasteiger partial charge in [0, 0.05) is 5.39 Å². The van der Waals surface area contributed by atoms with Gasteiger partial charge in [0.2, 0.25) is 0 Å². The summed E-state index contributed by atoms with van der Waals surface area (Å²) in [5, 5.41) is 10.8. The van der Waals surface area contributed by atoms with Crippen LogP contribution >= 0.6 is 0 Å². The van der Waals surface area contributed by atoms with Gasteiger partial charge in [-0.15, -0.1) is 10.2 Å². The van der Waals surface area contributed by atoms with Gasteiger partial charge in [0.1, 0.15) is 28.7 Å². The number of benzene rings is 4. The van der Waals surface area contributed by atoms with Crippen LogP contribution in [0.3, 0.4) is 0 Å². The zero-order valence-corrected chi connectivity index (χ0v) is 20.4. The third kappa shape index (κ3) is 4.54. The zero-order valence-electron chi connectivity index (χ0n) is 18.8. The Bertz CT molecular complexity index is 1920. The summed E-state index contributed by atoms with van der Waals surface area (Å²) in [6.07, 6.45) is 2.69. The molecule has 5 aromatic rings. The SMILES string of the molecule is Bc1ccc(/C=C/c2ccc(-n3nc4ccc5ccccc5c4n3)cc2S(=O)(=O)O)c(S(=O)(=O)O)c1. The summed E-state index contributed by atoms with van der Waals surface area (Å²) in [5.41, 5.74) is 2.43. The molecule has 1 heterocycles. The van der Waals surface area contributed by atoms with E-state index in [-0.39, 0.29) is 16.0 Å². The molecule has 1 aromatic heterocycles. The van der Waals surface area contributed by atoms with E-state index in [1.807, 2.05) is 36.4 Å². The highest BCUT2D eigenvalue weighted by Crippen LogP contribution is 2.26. The second-order valence-corrected chi connectivity index (χ2v) is 11.0. The van der Waals surface area contributed by atoms with Crippen LogP contribution in [0.2, 0.25) is 0 Å². The molecule has 0 unspecified atom stereocenters. The van der Waals surface area contributed by atoms with Crippen molar-refractivity contribution in [2.75, 3.05) is 0 Å². The molecule has 2 N–H and O–H groups in total. The molecule has 0 aliphatic rings. The third-order valence-corrected chi connectivity index (χ3v) is 7.49. The van der Waals surface area contributed by atoms with E-state index in [9.17, 15) is 25.9 Å². The predicted octanol–water partition coefficient (Wildman–Crippen LogP) is 2.50. The van der Waals surface area contributed by atoms with E-state index in [1.165, 1.54) is 41.2 Å². The van der Waals surface area contributed by atoms with Gasteiger partial charge >= 0.3 is 0 Å². The fourth-order valence-corrected chi connectivity index (χ4v) is 5.43. The van der Waals surface area contributed by atoms with Gasteiger partial charge < -0.3 is 0 Å². The maximum atomic E-state index is 12.2. The number of aromatic nitrogens is 3. The Hall–Kier alpha value is -3.84. The van der Waals surface area contributed by atoms with Crippen molar-refractivity contribution in [2.45, 2.75) is 9.79 Å². The molecule has 0 aliphatic heterocycles. The molecule has 180 valence electrons. The predicted molar refractivity (Wildman–Crippen MR) is 140 cm³/mol. The highest BCUT2D eigenvalue weighted by molar-refractivity contribution is 7.86. The van der Waals surface area contributed by atoms with E-state index in [2.05, 4.69) is 10.2 Å². The second-order valence-electron chi connectivity index (χ2n) is 8.19. The number of fused-ring (bicyclic) bond motifs is 3. The smallest absolute Gasteiger partial charge is 0.282 e. The second kappa shape index (κ2) is 8.68. The van der Waals surface area contributed by atoms with E-state index in [0.29, 0.717) is 22.2 Å². The maximum Gasteiger partial charge on any atom is 0.295 e. The van der Waals surface area contributed by atoms with E-state index >= 15 is 0 Å². The molecule has 0 amide bonds. The van der Waals surface area contributed by atoms with Crippen LogP contribution in [0.5, 0.6) is 0 Å². The number of nitrogens with zero attached hydrogens (tertiary/aromatic N) is 3. The van der Waals surface area contributed by atoms with Gasteiger partial charge in [-0.25, -0.2) is 0 Å². The monoisotopic (exact) mass is 519 g/mol. The Kier molecular flexibility index (Phi) is 5.76. The lowest BCUT2D eigenvalue weighted by Crippen LogP contribution is -2.09. The van der Waals surface area contributed by atoms with Crippen molar-refractivity contribution < 1.29 is 25.9 Å². The van der Waals surface area contributed by atoms with Crippen LogP contribution in [0.15, 0.2) is 82.6 Å². The number of hydrogen-bond donors (Lipinski definition) is 2. The lowest BCUT2D eigenvalue weighted by Gasteiger charge is -2.08. The number of rotatable bonds is 5. The summed E-state index contributed by atoms with van der Waals surface area (Å²) < 4.78 is 67.4. The van der Waals surface area contributed by atoms with Crippen molar-refractivity contribution in [3.05, 3.63) is 83.9 Å². The van der Waals surface area contributed by atoms with E-state index < -0.39 is 25.1 Å². The molecule has 9 nitrogen and oxygen atoms in total. The first-order chi connectivity index (χ1) is 17.0. The summed E-state index contributed by atoms with van der Waals surface area (Å²) in [5.74, 6) is 0. The van der Waals surface area contributed by atoms with Crippen molar-refractivity contribution >= 4 is 67.5 Å². The van der Waals surface area contributed by atoms with Gasteiger partial charge in [-0.1, -0.05) is 66.1 Å². The van der Waals surface area contributed by atoms with Gasteiger partial charge in [-0.05, 0) is 40.8 Å². The quantitative estimate of drug-likeness (QED) is 0.205. The Morgan fingerprint density at radius 3 is 2.08 bits per heavy atom. The first-order valence-corrected chi connectivity index (χ1v) is 13.5. The Labute approximate surface area is 207 Å². The standard InChI is InChI=1S/C24H18BN3O6S2/c25-18-10-7-16(22(13-18)35(29,30)31)5-6-17-8-11-19(14-23(17)36(32,33)34)28-26-21-12-9-15-3-1-2-4-20(15)24(21)27-28/h1-14H,25H2,(H,29,30,31)(H,32,33,34)/b6-5+. The average Bonchev–Trinajstić information content (AvgIpc) is 3.27. The van der Waals surface area contributed by atoms with Gasteiger partial charge in [0.15, 0.2) is 0 Å². The topological polar surface area (TPSA) is 139 Å². The molecule has 0 bridgehead atoms. The maximum absolute atomic E-state index is 12.2. The first-order valence-electron chi connectivity index (χ1n) is 10.6. The molecule has 0 saturated carbocycles. The zero-order chi connectivity index (χ0) is 25.7. The molecule has 0 radical (unpaired) electrons. The summed E-state index contributed by atoms with van der Waals surface area (Å²) in [6, 6.07) is 20.1. The molecule has 5 rings (SSSR count). The van der Waals surface area contributed by atoms with Gasteiger partial charge in [-0.3, -0.25) is 9.11 Å².